The van der Waals surface area contributed by atoms with E-state index in [9.17, 15) is 0 Å². The van der Waals surface area contributed by atoms with Crippen molar-refractivity contribution in [3.8, 4) is 0 Å². The zero-order chi connectivity index (χ0) is 12.5. The largest absolute Gasteiger partial charge is 0.307 e. The Labute approximate surface area is 118 Å². The zero-order valence-corrected chi connectivity index (χ0v) is 12.6. The summed E-state index contributed by atoms with van der Waals surface area (Å²) in [6, 6.07) is 10.1. The monoisotopic (exact) mass is 307 g/mol. The van der Waals surface area contributed by atoms with Crippen molar-refractivity contribution in [1.82, 2.24) is 5.32 Å². The van der Waals surface area contributed by atoms with E-state index in [2.05, 4.69) is 52.4 Å². The first-order valence-corrected chi connectivity index (χ1v) is 8.08. The summed E-state index contributed by atoms with van der Waals surface area (Å²) < 4.78 is 1.17. The molecular weight excluding hydrogens is 286 g/mol. The third kappa shape index (κ3) is 2.65. The molecule has 0 radical (unpaired) electrons. The lowest BCUT2D eigenvalue weighted by Gasteiger charge is -2.28. The lowest BCUT2D eigenvalue weighted by Crippen LogP contribution is -2.36. The van der Waals surface area contributed by atoms with Crippen molar-refractivity contribution in [1.29, 1.82) is 0 Å². The minimum absolute atomic E-state index is 0.530. The molecule has 4 atom stereocenters. The Morgan fingerprint density at radius 2 is 2.06 bits per heavy atom. The fourth-order valence-electron chi connectivity index (χ4n) is 3.52. The third-order valence-electron chi connectivity index (χ3n) is 4.68. The summed E-state index contributed by atoms with van der Waals surface area (Å²) in [6.07, 6.45) is 6.95. The lowest BCUT2D eigenvalue weighted by molar-refractivity contribution is 0.317. The molecule has 0 saturated heterocycles. The molecular formula is C16H22BrN. The summed E-state index contributed by atoms with van der Waals surface area (Å²) in [5, 5.41) is 3.92. The molecule has 2 heteroatoms. The molecule has 2 saturated carbocycles. The van der Waals surface area contributed by atoms with E-state index >= 15 is 0 Å². The molecule has 18 heavy (non-hydrogen) atoms. The number of fused-ring (bicyclic) bond motifs is 1. The molecule has 0 amide bonds. The van der Waals surface area contributed by atoms with Crippen LogP contribution in [0.15, 0.2) is 28.7 Å². The van der Waals surface area contributed by atoms with Gasteiger partial charge in [-0.1, -0.05) is 47.8 Å². The van der Waals surface area contributed by atoms with Gasteiger partial charge in [-0.2, -0.15) is 0 Å². The third-order valence-corrected chi connectivity index (χ3v) is 5.21. The number of hydrogen-bond acceptors (Lipinski definition) is 1. The van der Waals surface area contributed by atoms with Crippen LogP contribution >= 0.6 is 15.9 Å². The van der Waals surface area contributed by atoms with E-state index in [1.807, 2.05) is 0 Å². The van der Waals surface area contributed by atoms with E-state index in [1.165, 1.54) is 42.1 Å². The van der Waals surface area contributed by atoms with Crippen LogP contribution < -0.4 is 5.32 Å². The molecule has 1 aromatic carbocycles. The van der Waals surface area contributed by atoms with Crippen LogP contribution in [0.3, 0.4) is 0 Å². The molecule has 0 aromatic heterocycles. The average Bonchev–Trinajstić information content (AvgIpc) is 3.17. The van der Waals surface area contributed by atoms with E-state index in [0.29, 0.717) is 6.04 Å². The second kappa shape index (κ2) is 5.34. The van der Waals surface area contributed by atoms with Gasteiger partial charge in [0.25, 0.3) is 0 Å². The molecule has 98 valence electrons. The summed E-state index contributed by atoms with van der Waals surface area (Å²) in [5.74, 6) is 2.04. The van der Waals surface area contributed by atoms with Gasteiger partial charge in [-0.3, -0.25) is 0 Å². The van der Waals surface area contributed by atoms with Crippen LogP contribution in [0.2, 0.25) is 0 Å². The highest BCUT2D eigenvalue weighted by molar-refractivity contribution is 9.10. The fraction of sp³-hybridized carbons (Fsp3) is 0.625. The first kappa shape index (κ1) is 12.7. The Kier molecular flexibility index (Phi) is 3.76. The lowest BCUT2D eigenvalue weighted by atomic mass is 9.93. The minimum atomic E-state index is 0.530. The molecule has 2 aliphatic carbocycles. The van der Waals surface area contributed by atoms with Crippen LogP contribution in [-0.2, 0) is 0 Å². The maximum Gasteiger partial charge on any atom is 0.0320 e. The van der Waals surface area contributed by atoms with Crippen LogP contribution in [0.1, 0.15) is 50.6 Å². The Bertz CT molecular complexity index is 400. The van der Waals surface area contributed by atoms with Crippen molar-refractivity contribution < 1.29 is 0 Å². The maximum atomic E-state index is 3.92. The summed E-state index contributed by atoms with van der Waals surface area (Å²) in [6.45, 7) is 2.28. The van der Waals surface area contributed by atoms with Crippen LogP contribution in [0.4, 0.5) is 0 Å². The Balaban J connectivity index is 1.67. The predicted octanol–water partition coefficient (Wildman–Crippen LogP) is 4.68. The van der Waals surface area contributed by atoms with E-state index in [0.717, 1.165) is 17.9 Å². The molecule has 1 N–H and O–H groups in total. The van der Waals surface area contributed by atoms with Crippen molar-refractivity contribution in [3.05, 3.63) is 34.3 Å². The van der Waals surface area contributed by atoms with Crippen molar-refractivity contribution in [2.24, 2.45) is 11.8 Å². The van der Waals surface area contributed by atoms with Crippen molar-refractivity contribution in [2.45, 2.75) is 51.1 Å². The number of hydrogen-bond donors (Lipinski definition) is 1. The summed E-state index contributed by atoms with van der Waals surface area (Å²) >= 11 is 3.51. The van der Waals surface area contributed by atoms with Crippen molar-refractivity contribution in [2.75, 3.05) is 0 Å². The van der Waals surface area contributed by atoms with E-state index in [-0.39, 0.29) is 0 Å². The molecule has 3 rings (SSSR count). The van der Waals surface area contributed by atoms with Gasteiger partial charge in [0.2, 0.25) is 0 Å². The van der Waals surface area contributed by atoms with Gasteiger partial charge in [0, 0.05) is 16.6 Å². The fourth-order valence-corrected chi connectivity index (χ4v) is 3.78. The highest BCUT2D eigenvalue weighted by Gasteiger charge is 2.45. The van der Waals surface area contributed by atoms with Crippen LogP contribution in [0.25, 0.3) is 0 Å². The summed E-state index contributed by atoms with van der Waals surface area (Å²) in [7, 11) is 0. The van der Waals surface area contributed by atoms with Crippen molar-refractivity contribution >= 4 is 15.9 Å². The van der Waals surface area contributed by atoms with Gasteiger partial charge in [-0.05, 0) is 48.8 Å². The van der Waals surface area contributed by atoms with Crippen LogP contribution in [0, 0.1) is 11.8 Å². The quantitative estimate of drug-likeness (QED) is 0.851. The Hall–Kier alpha value is -0.340. The predicted molar refractivity (Wildman–Crippen MR) is 79.5 cm³/mol. The normalized spacial score (nSPS) is 31.8. The molecule has 2 aliphatic rings. The second-order valence-electron chi connectivity index (χ2n) is 5.88. The molecule has 1 nitrogen and oxygen atoms in total. The topological polar surface area (TPSA) is 12.0 Å². The number of nitrogens with one attached hydrogen (secondary N) is 1. The van der Waals surface area contributed by atoms with Crippen LogP contribution in [0.5, 0.6) is 0 Å². The van der Waals surface area contributed by atoms with Gasteiger partial charge >= 0.3 is 0 Å². The first-order valence-electron chi connectivity index (χ1n) is 7.29. The van der Waals surface area contributed by atoms with Gasteiger partial charge < -0.3 is 5.32 Å². The highest BCUT2D eigenvalue weighted by Crippen LogP contribution is 2.50. The van der Waals surface area contributed by atoms with Gasteiger partial charge in [0.05, 0.1) is 0 Å². The Morgan fingerprint density at radius 3 is 2.78 bits per heavy atom. The van der Waals surface area contributed by atoms with E-state index < -0.39 is 0 Å². The molecule has 2 unspecified atom stereocenters. The first-order chi connectivity index (χ1) is 8.78. The molecule has 0 spiro atoms. The second-order valence-corrected chi connectivity index (χ2v) is 6.79. The maximum absolute atomic E-state index is 3.92. The number of halogens is 1. The van der Waals surface area contributed by atoms with Gasteiger partial charge in [0.1, 0.15) is 0 Å². The van der Waals surface area contributed by atoms with E-state index in [4.69, 9.17) is 0 Å². The molecule has 2 fully saturated rings. The summed E-state index contributed by atoms with van der Waals surface area (Å²) in [4.78, 5) is 0. The summed E-state index contributed by atoms with van der Waals surface area (Å²) in [5.41, 5.74) is 1.43. The van der Waals surface area contributed by atoms with Crippen LogP contribution in [-0.4, -0.2) is 6.04 Å². The number of rotatable bonds is 4. The number of benzene rings is 1. The zero-order valence-electron chi connectivity index (χ0n) is 11.0. The minimum Gasteiger partial charge on any atom is -0.307 e. The van der Waals surface area contributed by atoms with Gasteiger partial charge in [-0.15, -0.1) is 0 Å². The molecule has 0 bridgehead atoms. The molecule has 0 heterocycles. The SMILES string of the molecule is CCC(NC1CCC[C@H]2C[C@@H]12)c1ccc(Br)cc1. The van der Waals surface area contributed by atoms with Gasteiger partial charge in [-0.25, -0.2) is 0 Å². The van der Waals surface area contributed by atoms with Crippen molar-refractivity contribution in [3.63, 3.8) is 0 Å². The molecule has 0 aliphatic heterocycles. The standard InChI is InChI=1S/C16H22BrN/c1-2-15(11-6-8-13(17)9-7-11)18-16-5-3-4-12-10-14(12)16/h6-9,12,14-16,18H,2-5,10H2,1H3/t12-,14+,15?,16?/m0/s1. The smallest absolute Gasteiger partial charge is 0.0320 e. The highest BCUT2D eigenvalue weighted by atomic mass is 79.9. The van der Waals surface area contributed by atoms with Gasteiger partial charge in [0.15, 0.2) is 0 Å². The molecule has 1 aromatic rings. The average molecular weight is 308 g/mol. The Morgan fingerprint density at radius 1 is 1.28 bits per heavy atom. The van der Waals surface area contributed by atoms with E-state index in [1.54, 1.807) is 0 Å².